The first-order chi connectivity index (χ1) is 9.01. The monoisotopic (exact) mass is 266 g/mol. The lowest BCUT2D eigenvalue weighted by molar-refractivity contribution is -0.388. The van der Waals surface area contributed by atoms with Gasteiger partial charge in [-0.2, -0.15) is 0 Å². The smallest absolute Gasteiger partial charge is 0.367 e. The normalized spacial score (nSPS) is 11.7. The Kier molecular flexibility index (Phi) is 5.23. The second kappa shape index (κ2) is 6.67. The van der Waals surface area contributed by atoms with Crippen molar-refractivity contribution in [1.29, 1.82) is 0 Å². The van der Waals surface area contributed by atoms with Crippen molar-refractivity contribution in [2.75, 3.05) is 18.4 Å². The predicted molar refractivity (Wildman–Crippen MR) is 71.9 cm³/mol. The van der Waals surface area contributed by atoms with Crippen LogP contribution in [0, 0.1) is 10.1 Å². The summed E-state index contributed by atoms with van der Waals surface area (Å²) in [4.78, 5) is 27.7. The van der Waals surface area contributed by atoms with Gasteiger partial charge in [0.25, 0.3) is 0 Å². The zero-order valence-corrected chi connectivity index (χ0v) is 11.3. The van der Waals surface area contributed by atoms with E-state index >= 15 is 0 Å². The van der Waals surface area contributed by atoms with Gasteiger partial charge in [-0.3, -0.25) is 4.79 Å². The second-order valence-corrected chi connectivity index (χ2v) is 4.01. The lowest BCUT2D eigenvalue weighted by Gasteiger charge is -2.23. The van der Waals surface area contributed by atoms with Crippen LogP contribution in [-0.4, -0.2) is 39.8 Å². The van der Waals surface area contributed by atoms with Crippen molar-refractivity contribution in [2.45, 2.75) is 26.8 Å². The van der Waals surface area contributed by atoms with E-state index in [1.54, 1.807) is 17.9 Å². The minimum absolute atomic E-state index is 0.0943. The molecule has 7 heteroatoms. The van der Waals surface area contributed by atoms with E-state index in [1.165, 1.54) is 12.3 Å². The third-order valence-corrected chi connectivity index (χ3v) is 2.78. The van der Waals surface area contributed by atoms with Crippen molar-refractivity contribution in [2.24, 2.45) is 0 Å². The third-order valence-electron chi connectivity index (χ3n) is 2.78. The largest absolute Gasteiger partial charge is 0.386 e. The van der Waals surface area contributed by atoms with Crippen molar-refractivity contribution >= 4 is 17.4 Å². The number of nitrogens with zero attached hydrogens (tertiary/aromatic N) is 3. The number of hydrogen-bond donors (Lipinski definition) is 1. The molecule has 1 rings (SSSR count). The molecule has 0 bridgehead atoms. The topological polar surface area (TPSA) is 88.4 Å². The summed E-state index contributed by atoms with van der Waals surface area (Å²) in [6.45, 7) is 6.67. The summed E-state index contributed by atoms with van der Waals surface area (Å²) in [6.07, 6.45) is 1.35. The first-order valence-corrected chi connectivity index (χ1v) is 6.16. The van der Waals surface area contributed by atoms with Gasteiger partial charge in [0.1, 0.15) is 17.9 Å². The summed E-state index contributed by atoms with van der Waals surface area (Å²) in [5, 5.41) is 13.7. The number of hydrogen-bond acceptors (Lipinski definition) is 5. The van der Waals surface area contributed by atoms with Crippen LogP contribution in [0.4, 0.5) is 11.5 Å². The quantitative estimate of drug-likeness (QED) is 0.625. The van der Waals surface area contributed by atoms with Crippen molar-refractivity contribution in [3.63, 3.8) is 0 Å². The Morgan fingerprint density at radius 2 is 2.16 bits per heavy atom. The molecule has 0 aromatic carbocycles. The highest BCUT2D eigenvalue weighted by Crippen LogP contribution is 2.21. The van der Waals surface area contributed by atoms with Crippen LogP contribution in [0.25, 0.3) is 0 Å². The highest BCUT2D eigenvalue weighted by Gasteiger charge is 2.22. The molecule has 104 valence electrons. The van der Waals surface area contributed by atoms with Gasteiger partial charge in [0.2, 0.25) is 5.91 Å². The lowest BCUT2D eigenvalue weighted by atomic mass is 10.2. The highest BCUT2D eigenvalue weighted by molar-refractivity contribution is 5.84. The summed E-state index contributed by atoms with van der Waals surface area (Å²) in [7, 11) is 0. The van der Waals surface area contributed by atoms with Gasteiger partial charge in [-0.1, -0.05) is 0 Å². The maximum Gasteiger partial charge on any atom is 0.386 e. The summed E-state index contributed by atoms with van der Waals surface area (Å²) in [6, 6.07) is 2.59. The molecule has 1 N–H and O–H groups in total. The van der Waals surface area contributed by atoms with Gasteiger partial charge in [-0.05, 0) is 42.8 Å². The fourth-order valence-electron chi connectivity index (χ4n) is 1.76. The van der Waals surface area contributed by atoms with E-state index in [0.717, 1.165) is 0 Å². The highest BCUT2D eigenvalue weighted by atomic mass is 16.6. The fourth-order valence-corrected chi connectivity index (χ4v) is 1.76. The summed E-state index contributed by atoms with van der Waals surface area (Å²) in [5.41, 5.74) is 0.250. The standard InChI is InChI=1S/C12H18N4O3/c1-4-15(5-2)12(17)9(3)14-10-7-6-8-13-11(10)16(18)19/h6-9,14H,4-5H2,1-3H3. The molecule has 0 spiro atoms. The number of rotatable bonds is 6. The zero-order chi connectivity index (χ0) is 14.4. The Labute approximate surface area is 111 Å². The molecule has 0 fully saturated rings. The number of carbonyl (C=O) groups is 1. The molecule has 0 aliphatic carbocycles. The number of aromatic nitrogens is 1. The van der Waals surface area contributed by atoms with Gasteiger partial charge in [-0.25, -0.2) is 0 Å². The van der Waals surface area contributed by atoms with Gasteiger partial charge in [-0.15, -0.1) is 0 Å². The molecule has 19 heavy (non-hydrogen) atoms. The zero-order valence-electron chi connectivity index (χ0n) is 11.3. The SMILES string of the molecule is CCN(CC)C(=O)C(C)Nc1cccnc1[N+](=O)[O-]. The fraction of sp³-hybridized carbons (Fsp3) is 0.500. The van der Waals surface area contributed by atoms with Crippen LogP contribution >= 0.6 is 0 Å². The number of likely N-dealkylation sites (N-methyl/N-ethyl adjacent to an activating group) is 1. The molecule has 1 heterocycles. The summed E-state index contributed by atoms with van der Waals surface area (Å²) < 4.78 is 0. The molecule has 1 unspecified atom stereocenters. The van der Waals surface area contributed by atoms with Crippen LogP contribution in [0.5, 0.6) is 0 Å². The Morgan fingerprint density at radius 1 is 1.53 bits per heavy atom. The second-order valence-electron chi connectivity index (χ2n) is 4.01. The van der Waals surface area contributed by atoms with Gasteiger partial charge in [0.05, 0.1) is 0 Å². The third kappa shape index (κ3) is 3.64. The molecule has 1 aromatic heterocycles. The molecule has 7 nitrogen and oxygen atoms in total. The predicted octanol–water partition coefficient (Wildman–Crippen LogP) is 1.66. The maximum absolute atomic E-state index is 12.1. The summed E-state index contributed by atoms with van der Waals surface area (Å²) >= 11 is 0. The molecular weight excluding hydrogens is 248 g/mol. The minimum Gasteiger partial charge on any atom is -0.367 e. The number of nitrogens with one attached hydrogen (secondary N) is 1. The van der Waals surface area contributed by atoms with Crippen molar-refractivity contribution < 1.29 is 9.72 Å². The number of carbonyl (C=O) groups excluding carboxylic acids is 1. The van der Waals surface area contributed by atoms with E-state index in [0.29, 0.717) is 13.1 Å². The molecule has 0 radical (unpaired) electrons. The average molecular weight is 266 g/mol. The number of anilines is 1. The van der Waals surface area contributed by atoms with Gasteiger partial charge < -0.3 is 20.3 Å². The first-order valence-electron chi connectivity index (χ1n) is 6.16. The van der Waals surface area contributed by atoms with Crippen LogP contribution in [0.15, 0.2) is 18.3 Å². The minimum atomic E-state index is -0.572. The van der Waals surface area contributed by atoms with E-state index in [9.17, 15) is 14.9 Å². The molecule has 1 atom stereocenters. The van der Waals surface area contributed by atoms with Crippen LogP contribution in [0.2, 0.25) is 0 Å². The van der Waals surface area contributed by atoms with Crippen LogP contribution in [0.3, 0.4) is 0 Å². The summed E-state index contributed by atoms with van der Waals surface area (Å²) in [5.74, 6) is -0.371. The first kappa shape index (κ1) is 14.9. The molecule has 0 aliphatic heterocycles. The maximum atomic E-state index is 12.1. The number of pyridine rings is 1. The molecule has 0 aliphatic rings. The van der Waals surface area contributed by atoms with E-state index in [2.05, 4.69) is 10.3 Å². The number of nitro groups is 1. The van der Waals surface area contributed by atoms with Crippen LogP contribution in [0.1, 0.15) is 20.8 Å². The number of amides is 1. The van der Waals surface area contributed by atoms with E-state index in [1.807, 2.05) is 13.8 Å². The van der Waals surface area contributed by atoms with Crippen molar-refractivity contribution in [1.82, 2.24) is 9.88 Å². The van der Waals surface area contributed by atoms with Gasteiger partial charge in [0.15, 0.2) is 0 Å². The molecule has 1 amide bonds. The Morgan fingerprint density at radius 3 is 2.68 bits per heavy atom. The van der Waals surface area contributed by atoms with Crippen molar-refractivity contribution in [3.05, 3.63) is 28.4 Å². The molecule has 1 aromatic rings. The van der Waals surface area contributed by atoms with Crippen LogP contribution in [-0.2, 0) is 4.79 Å². The average Bonchev–Trinajstić information content (AvgIpc) is 2.40. The van der Waals surface area contributed by atoms with E-state index < -0.39 is 11.0 Å². The molecular formula is C12H18N4O3. The Hall–Kier alpha value is -2.18. The van der Waals surface area contributed by atoms with Crippen molar-refractivity contribution in [3.8, 4) is 0 Å². The van der Waals surface area contributed by atoms with E-state index in [-0.39, 0.29) is 17.4 Å². The van der Waals surface area contributed by atoms with E-state index in [4.69, 9.17) is 0 Å². The lowest BCUT2D eigenvalue weighted by Crippen LogP contribution is -2.41. The molecule has 0 saturated carbocycles. The van der Waals surface area contributed by atoms with Gasteiger partial charge in [0, 0.05) is 13.1 Å². The van der Waals surface area contributed by atoms with Crippen LogP contribution < -0.4 is 5.32 Å². The molecule has 0 saturated heterocycles. The van der Waals surface area contributed by atoms with Gasteiger partial charge >= 0.3 is 5.82 Å². The Bertz CT molecular complexity index is 460. The Balaban J connectivity index is 2.85.